The van der Waals surface area contributed by atoms with Crippen molar-refractivity contribution in [1.29, 1.82) is 0 Å². The van der Waals surface area contributed by atoms with Gasteiger partial charge in [0.05, 0.1) is 6.61 Å². The maximum absolute atomic E-state index is 11.8. The topological polar surface area (TPSA) is 38.3 Å². The lowest BCUT2D eigenvalue weighted by molar-refractivity contribution is -0.131. The van der Waals surface area contributed by atoms with Crippen LogP contribution in [0.1, 0.15) is 12.0 Å². The van der Waals surface area contributed by atoms with Crippen LogP contribution in [0, 0.1) is 0 Å². The molecule has 86 valence electrons. The second-order valence-corrected chi connectivity index (χ2v) is 4.02. The molecule has 3 heteroatoms. The summed E-state index contributed by atoms with van der Waals surface area (Å²) in [5.74, 6) is 0.205. The number of carbonyl (C=O) groups is 1. The van der Waals surface area contributed by atoms with Crippen LogP contribution in [0.25, 0.3) is 0 Å². The van der Waals surface area contributed by atoms with E-state index >= 15 is 0 Å². The van der Waals surface area contributed by atoms with Gasteiger partial charge >= 0.3 is 0 Å². The van der Waals surface area contributed by atoms with Gasteiger partial charge in [0.15, 0.2) is 5.78 Å². The van der Waals surface area contributed by atoms with Crippen LogP contribution in [-0.4, -0.2) is 31.6 Å². The van der Waals surface area contributed by atoms with Crippen LogP contribution in [0.2, 0.25) is 0 Å². The van der Waals surface area contributed by atoms with Crippen molar-refractivity contribution >= 4 is 5.78 Å². The molecule has 1 heterocycles. The highest BCUT2D eigenvalue weighted by Crippen LogP contribution is 2.06. The molecule has 1 N–H and O–H groups in total. The Morgan fingerprint density at radius 2 is 2.19 bits per heavy atom. The summed E-state index contributed by atoms with van der Waals surface area (Å²) in [6.07, 6.45) is 1.13. The summed E-state index contributed by atoms with van der Waals surface area (Å²) in [5.41, 5.74) is 1.21. The lowest BCUT2D eigenvalue weighted by Crippen LogP contribution is -2.43. The molecule has 0 aromatic heterocycles. The highest BCUT2D eigenvalue weighted by molar-refractivity contribution is 5.83. The third-order valence-corrected chi connectivity index (χ3v) is 2.79. The van der Waals surface area contributed by atoms with Gasteiger partial charge in [-0.1, -0.05) is 30.3 Å². The second kappa shape index (κ2) is 5.77. The number of aryl methyl sites for hydroxylation is 1. The number of rotatable bonds is 4. The summed E-state index contributed by atoms with van der Waals surface area (Å²) in [7, 11) is 0. The summed E-state index contributed by atoms with van der Waals surface area (Å²) >= 11 is 0. The number of hydrogen-bond acceptors (Lipinski definition) is 3. The number of nitrogens with one attached hydrogen (secondary N) is 1. The third kappa shape index (κ3) is 3.15. The maximum atomic E-state index is 11.8. The molecule has 0 saturated carbocycles. The number of morpholine rings is 1. The molecule has 1 aliphatic heterocycles. The standard InChI is InChI=1S/C13H17NO2/c15-12(13-10-14-8-9-16-13)7-6-11-4-2-1-3-5-11/h1-5,13-14H,6-10H2. The number of Topliss-reactive ketones (excluding diaryl/α,β-unsaturated/α-hetero) is 1. The van der Waals surface area contributed by atoms with Crippen molar-refractivity contribution in [3.8, 4) is 0 Å². The minimum Gasteiger partial charge on any atom is -0.368 e. The van der Waals surface area contributed by atoms with E-state index < -0.39 is 0 Å². The molecule has 1 unspecified atom stereocenters. The molecule has 16 heavy (non-hydrogen) atoms. The van der Waals surface area contributed by atoms with Gasteiger partial charge in [-0.05, 0) is 12.0 Å². The van der Waals surface area contributed by atoms with E-state index in [2.05, 4.69) is 5.32 Å². The minimum atomic E-state index is -0.238. The Kier molecular flexibility index (Phi) is 4.08. The van der Waals surface area contributed by atoms with Gasteiger partial charge in [-0.3, -0.25) is 4.79 Å². The number of hydrogen-bond donors (Lipinski definition) is 1. The summed E-state index contributed by atoms with van der Waals surface area (Å²) < 4.78 is 5.42. The van der Waals surface area contributed by atoms with E-state index in [-0.39, 0.29) is 11.9 Å². The first-order valence-electron chi connectivity index (χ1n) is 5.75. The van der Waals surface area contributed by atoms with Gasteiger partial charge in [0.25, 0.3) is 0 Å². The largest absolute Gasteiger partial charge is 0.368 e. The Labute approximate surface area is 95.8 Å². The van der Waals surface area contributed by atoms with Gasteiger partial charge in [-0.25, -0.2) is 0 Å². The quantitative estimate of drug-likeness (QED) is 0.826. The van der Waals surface area contributed by atoms with Gasteiger partial charge < -0.3 is 10.1 Å². The van der Waals surface area contributed by atoms with E-state index in [1.165, 1.54) is 5.56 Å². The number of ketones is 1. The fraction of sp³-hybridized carbons (Fsp3) is 0.462. The van der Waals surface area contributed by atoms with Gasteiger partial charge in [0, 0.05) is 19.5 Å². The Bertz CT molecular complexity index is 331. The maximum Gasteiger partial charge on any atom is 0.163 e. The van der Waals surface area contributed by atoms with Crippen molar-refractivity contribution in [2.45, 2.75) is 18.9 Å². The molecule has 0 bridgehead atoms. The Morgan fingerprint density at radius 3 is 2.88 bits per heavy atom. The van der Waals surface area contributed by atoms with Gasteiger partial charge in [0.1, 0.15) is 6.10 Å². The molecule has 0 radical (unpaired) electrons. The van der Waals surface area contributed by atoms with Crippen LogP contribution in [0.5, 0.6) is 0 Å². The van der Waals surface area contributed by atoms with E-state index in [1.807, 2.05) is 30.3 Å². The van der Waals surface area contributed by atoms with Crippen molar-refractivity contribution in [3.63, 3.8) is 0 Å². The molecule has 0 amide bonds. The van der Waals surface area contributed by atoms with E-state index in [1.54, 1.807) is 0 Å². The zero-order valence-corrected chi connectivity index (χ0v) is 9.32. The molecule has 1 aromatic carbocycles. The molecule has 0 aliphatic carbocycles. The second-order valence-electron chi connectivity index (χ2n) is 4.02. The molecule has 3 nitrogen and oxygen atoms in total. The van der Waals surface area contributed by atoms with Crippen LogP contribution in [-0.2, 0) is 16.0 Å². The molecular weight excluding hydrogens is 202 g/mol. The van der Waals surface area contributed by atoms with Crippen molar-refractivity contribution in [2.24, 2.45) is 0 Å². The molecule has 0 spiro atoms. The summed E-state index contributed by atoms with van der Waals surface area (Å²) in [5, 5.41) is 3.17. The Balaban J connectivity index is 1.79. The molecular formula is C13H17NO2. The molecule has 2 rings (SSSR count). The predicted molar refractivity (Wildman–Crippen MR) is 62.4 cm³/mol. The lowest BCUT2D eigenvalue weighted by Gasteiger charge is -2.22. The average Bonchev–Trinajstić information content (AvgIpc) is 2.38. The first kappa shape index (κ1) is 11.3. The summed E-state index contributed by atoms with van der Waals surface area (Å²) in [4.78, 5) is 11.8. The van der Waals surface area contributed by atoms with Gasteiger partial charge in [-0.15, -0.1) is 0 Å². The van der Waals surface area contributed by atoms with E-state index in [4.69, 9.17) is 4.74 Å². The highest BCUT2D eigenvalue weighted by Gasteiger charge is 2.20. The number of carbonyl (C=O) groups excluding carboxylic acids is 1. The predicted octanol–water partition coefficient (Wildman–Crippen LogP) is 1.18. The molecule has 1 atom stereocenters. The van der Waals surface area contributed by atoms with Crippen molar-refractivity contribution < 1.29 is 9.53 Å². The Morgan fingerprint density at radius 1 is 1.38 bits per heavy atom. The van der Waals surface area contributed by atoms with Gasteiger partial charge in [0.2, 0.25) is 0 Å². The molecule has 1 saturated heterocycles. The minimum absolute atomic E-state index is 0.205. The average molecular weight is 219 g/mol. The Hall–Kier alpha value is -1.19. The number of ether oxygens (including phenoxy) is 1. The zero-order valence-electron chi connectivity index (χ0n) is 9.32. The molecule has 1 aromatic rings. The smallest absolute Gasteiger partial charge is 0.163 e. The van der Waals surface area contributed by atoms with Crippen molar-refractivity contribution in [1.82, 2.24) is 5.32 Å². The first-order valence-corrected chi connectivity index (χ1v) is 5.75. The zero-order chi connectivity index (χ0) is 11.2. The normalized spacial score (nSPS) is 20.6. The van der Waals surface area contributed by atoms with Crippen LogP contribution in [0.4, 0.5) is 0 Å². The number of benzene rings is 1. The monoisotopic (exact) mass is 219 g/mol. The van der Waals surface area contributed by atoms with E-state index in [9.17, 15) is 4.79 Å². The first-order chi connectivity index (χ1) is 7.86. The lowest BCUT2D eigenvalue weighted by atomic mass is 10.0. The van der Waals surface area contributed by atoms with Crippen molar-refractivity contribution in [3.05, 3.63) is 35.9 Å². The van der Waals surface area contributed by atoms with Crippen LogP contribution < -0.4 is 5.32 Å². The summed E-state index contributed by atoms with van der Waals surface area (Å²) in [6.45, 7) is 2.15. The van der Waals surface area contributed by atoms with Crippen molar-refractivity contribution in [2.75, 3.05) is 19.7 Å². The van der Waals surface area contributed by atoms with Crippen LogP contribution >= 0.6 is 0 Å². The van der Waals surface area contributed by atoms with Crippen LogP contribution in [0.3, 0.4) is 0 Å². The van der Waals surface area contributed by atoms with Crippen LogP contribution in [0.15, 0.2) is 30.3 Å². The molecule has 1 fully saturated rings. The highest BCUT2D eigenvalue weighted by atomic mass is 16.5. The fourth-order valence-corrected chi connectivity index (χ4v) is 1.85. The van der Waals surface area contributed by atoms with E-state index in [0.717, 1.165) is 13.0 Å². The summed E-state index contributed by atoms with van der Waals surface area (Å²) in [6, 6.07) is 10.1. The SMILES string of the molecule is O=C(CCc1ccccc1)C1CNCCO1. The fourth-order valence-electron chi connectivity index (χ4n) is 1.85. The third-order valence-electron chi connectivity index (χ3n) is 2.79. The van der Waals surface area contributed by atoms with Gasteiger partial charge in [-0.2, -0.15) is 0 Å². The molecule has 1 aliphatic rings. The van der Waals surface area contributed by atoms with E-state index in [0.29, 0.717) is 19.6 Å².